The van der Waals surface area contributed by atoms with Gasteiger partial charge in [0.1, 0.15) is 5.69 Å². The summed E-state index contributed by atoms with van der Waals surface area (Å²) in [6.07, 6.45) is 0.353. The number of nitrogens with zero attached hydrogens (tertiary/aromatic N) is 4. The second-order valence-corrected chi connectivity index (χ2v) is 7.35. The maximum absolute atomic E-state index is 12.6. The Labute approximate surface area is 159 Å². The number of fused-ring (bicyclic) bond motifs is 1. The second kappa shape index (κ2) is 7.03. The maximum atomic E-state index is 12.6. The standard InChI is InChI=1S/C19H19F3N4O2/c20-19(21,22)16-6-5-14(8-23-16)18(28)25-9-12(10-25)11-26-17(27)7-13-3-1-2-4-15(13)24-26/h5-8,12H,1-4,9-11H2. The van der Waals surface area contributed by atoms with E-state index in [1.54, 1.807) is 11.0 Å². The summed E-state index contributed by atoms with van der Waals surface area (Å²) in [6, 6.07) is 3.61. The molecule has 2 aromatic rings. The van der Waals surface area contributed by atoms with Crippen LogP contribution in [0.3, 0.4) is 0 Å². The van der Waals surface area contributed by atoms with Crippen LogP contribution in [0.5, 0.6) is 0 Å². The lowest BCUT2D eigenvalue weighted by atomic mass is 9.96. The topological polar surface area (TPSA) is 68.1 Å². The molecule has 1 aliphatic heterocycles. The highest BCUT2D eigenvalue weighted by Crippen LogP contribution is 2.28. The molecule has 1 aliphatic carbocycles. The molecule has 9 heteroatoms. The van der Waals surface area contributed by atoms with E-state index in [9.17, 15) is 22.8 Å². The number of carbonyl (C=O) groups excluding carboxylic acids is 1. The van der Waals surface area contributed by atoms with Crippen LogP contribution in [0, 0.1) is 5.92 Å². The van der Waals surface area contributed by atoms with Crippen molar-refractivity contribution in [2.45, 2.75) is 38.4 Å². The molecule has 0 atom stereocenters. The number of amides is 1. The molecule has 0 bridgehead atoms. The lowest BCUT2D eigenvalue weighted by molar-refractivity contribution is -0.141. The van der Waals surface area contributed by atoms with Gasteiger partial charge in [-0.25, -0.2) is 4.68 Å². The fourth-order valence-electron chi connectivity index (χ4n) is 3.70. The molecule has 148 valence electrons. The van der Waals surface area contributed by atoms with Gasteiger partial charge in [0.25, 0.3) is 11.5 Å². The molecule has 0 N–H and O–H groups in total. The summed E-state index contributed by atoms with van der Waals surface area (Å²) >= 11 is 0. The minimum Gasteiger partial charge on any atom is -0.338 e. The Bertz CT molecular complexity index is 947. The van der Waals surface area contributed by atoms with Crippen LogP contribution >= 0.6 is 0 Å². The Morgan fingerprint density at radius 2 is 1.93 bits per heavy atom. The lowest BCUT2D eigenvalue weighted by Gasteiger charge is -2.39. The number of alkyl halides is 3. The van der Waals surface area contributed by atoms with Gasteiger partial charge in [-0.1, -0.05) is 0 Å². The van der Waals surface area contributed by atoms with E-state index in [1.165, 1.54) is 4.68 Å². The maximum Gasteiger partial charge on any atom is 0.433 e. The van der Waals surface area contributed by atoms with E-state index in [0.29, 0.717) is 19.6 Å². The average Bonchev–Trinajstić information content (AvgIpc) is 2.63. The molecule has 0 saturated carbocycles. The van der Waals surface area contributed by atoms with Crippen molar-refractivity contribution in [3.63, 3.8) is 0 Å². The highest BCUT2D eigenvalue weighted by atomic mass is 19.4. The van der Waals surface area contributed by atoms with Crippen LogP contribution in [0.2, 0.25) is 0 Å². The van der Waals surface area contributed by atoms with Crippen LogP contribution in [0.25, 0.3) is 0 Å². The van der Waals surface area contributed by atoms with Crippen molar-refractivity contribution in [2.24, 2.45) is 5.92 Å². The van der Waals surface area contributed by atoms with Crippen molar-refractivity contribution in [1.29, 1.82) is 0 Å². The van der Waals surface area contributed by atoms with Gasteiger partial charge in [0.15, 0.2) is 0 Å². The third-order valence-electron chi connectivity index (χ3n) is 5.25. The van der Waals surface area contributed by atoms with E-state index < -0.39 is 11.9 Å². The normalized spacial score (nSPS) is 17.2. The zero-order valence-electron chi connectivity index (χ0n) is 15.1. The van der Waals surface area contributed by atoms with Crippen LogP contribution in [0.15, 0.2) is 29.2 Å². The van der Waals surface area contributed by atoms with Gasteiger partial charge < -0.3 is 4.90 Å². The van der Waals surface area contributed by atoms with Crippen molar-refractivity contribution in [2.75, 3.05) is 13.1 Å². The first-order chi connectivity index (χ1) is 13.3. The number of pyridine rings is 1. The predicted octanol–water partition coefficient (Wildman–Crippen LogP) is 2.31. The lowest BCUT2D eigenvalue weighted by Crippen LogP contribution is -2.52. The van der Waals surface area contributed by atoms with E-state index in [4.69, 9.17) is 0 Å². The largest absolute Gasteiger partial charge is 0.433 e. The molecule has 2 aromatic heterocycles. The quantitative estimate of drug-likeness (QED) is 0.804. The highest BCUT2D eigenvalue weighted by Gasteiger charge is 2.34. The smallest absolute Gasteiger partial charge is 0.338 e. The summed E-state index contributed by atoms with van der Waals surface area (Å²) in [4.78, 5) is 29.5. The second-order valence-electron chi connectivity index (χ2n) is 7.35. The highest BCUT2D eigenvalue weighted by molar-refractivity contribution is 5.94. The number of aromatic nitrogens is 3. The van der Waals surface area contributed by atoms with Gasteiger partial charge in [-0.15, -0.1) is 0 Å². The third-order valence-corrected chi connectivity index (χ3v) is 5.25. The van der Waals surface area contributed by atoms with Crippen LogP contribution in [-0.2, 0) is 25.6 Å². The molecule has 0 spiro atoms. The van der Waals surface area contributed by atoms with E-state index in [1.807, 2.05) is 0 Å². The summed E-state index contributed by atoms with van der Waals surface area (Å²) in [7, 11) is 0. The Morgan fingerprint density at radius 3 is 2.61 bits per heavy atom. The zero-order chi connectivity index (χ0) is 19.9. The Morgan fingerprint density at radius 1 is 1.18 bits per heavy atom. The Balaban J connectivity index is 1.37. The van der Waals surface area contributed by atoms with Crippen LogP contribution in [0.4, 0.5) is 13.2 Å². The summed E-state index contributed by atoms with van der Waals surface area (Å²) < 4.78 is 39.2. The third kappa shape index (κ3) is 3.65. The van der Waals surface area contributed by atoms with Crippen LogP contribution in [0.1, 0.15) is 40.2 Å². The molecule has 1 amide bonds. The van der Waals surface area contributed by atoms with E-state index in [-0.39, 0.29) is 22.9 Å². The number of hydrogen-bond donors (Lipinski definition) is 0. The minimum atomic E-state index is -4.53. The predicted molar refractivity (Wildman–Crippen MR) is 93.8 cm³/mol. The van der Waals surface area contributed by atoms with Crippen molar-refractivity contribution in [1.82, 2.24) is 19.7 Å². The van der Waals surface area contributed by atoms with E-state index in [2.05, 4.69) is 10.1 Å². The van der Waals surface area contributed by atoms with Crippen molar-refractivity contribution in [3.8, 4) is 0 Å². The Kier molecular flexibility index (Phi) is 4.68. The number of carbonyl (C=O) groups is 1. The number of aryl methyl sites for hydroxylation is 2. The summed E-state index contributed by atoms with van der Waals surface area (Å²) in [5.41, 5.74) is 0.984. The van der Waals surface area contributed by atoms with Gasteiger partial charge >= 0.3 is 6.18 Å². The van der Waals surface area contributed by atoms with Gasteiger partial charge in [0.2, 0.25) is 0 Å². The van der Waals surface area contributed by atoms with Crippen LogP contribution in [-0.4, -0.2) is 38.7 Å². The Hall–Kier alpha value is -2.71. The summed E-state index contributed by atoms with van der Waals surface area (Å²) in [5.74, 6) is -0.263. The van der Waals surface area contributed by atoms with Gasteiger partial charge in [-0.3, -0.25) is 14.6 Å². The fourth-order valence-corrected chi connectivity index (χ4v) is 3.70. The monoisotopic (exact) mass is 392 g/mol. The molecule has 1 saturated heterocycles. The number of hydrogen-bond acceptors (Lipinski definition) is 4. The molecule has 3 heterocycles. The number of halogens is 3. The molecule has 0 radical (unpaired) electrons. The SMILES string of the molecule is O=C(c1ccc(C(F)(F)F)nc1)N1CC(Cn2nc3c(cc2=O)CCCC3)C1. The number of rotatable bonds is 3. The van der Waals surface area contributed by atoms with Crippen molar-refractivity contribution < 1.29 is 18.0 Å². The fraction of sp³-hybridized carbons (Fsp3) is 0.474. The first kappa shape index (κ1) is 18.6. The average molecular weight is 392 g/mol. The van der Waals surface area contributed by atoms with Gasteiger partial charge in [0, 0.05) is 31.3 Å². The molecule has 28 heavy (non-hydrogen) atoms. The van der Waals surface area contributed by atoms with Gasteiger partial charge in [-0.05, 0) is 43.4 Å². The molecule has 1 fully saturated rings. The van der Waals surface area contributed by atoms with E-state index >= 15 is 0 Å². The molecule has 0 unspecified atom stereocenters. The van der Waals surface area contributed by atoms with Crippen molar-refractivity contribution in [3.05, 3.63) is 57.3 Å². The molecule has 0 aromatic carbocycles. The number of likely N-dealkylation sites (tertiary alicyclic amines) is 1. The van der Waals surface area contributed by atoms with Crippen molar-refractivity contribution >= 4 is 5.91 Å². The zero-order valence-corrected chi connectivity index (χ0v) is 15.1. The van der Waals surface area contributed by atoms with Gasteiger partial charge in [-0.2, -0.15) is 18.3 Å². The van der Waals surface area contributed by atoms with E-state index in [0.717, 1.165) is 55.3 Å². The molecule has 6 nitrogen and oxygen atoms in total. The molecular formula is C19H19F3N4O2. The molecular weight excluding hydrogens is 373 g/mol. The summed E-state index contributed by atoms with van der Waals surface area (Å²) in [6.45, 7) is 1.30. The van der Waals surface area contributed by atoms with Gasteiger partial charge in [0.05, 0.1) is 17.8 Å². The minimum absolute atomic E-state index is 0.0956. The first-order valence-electron chi connectivity index (χ1n) is 9.24. The molecule has 2 aliphatic rings. The molecule has 4 rings (SSSR count). The first-order valence-corrected chi connectivity index (χ1v) is 9.24. The summed E-state index contributed by atoms with van der Waals surface area (Å²) in [5, 5.41) is 4.48. The van der Waals surface area contributed by atoms with Crippen LogP contribution < -0.4 is 5.56 Å².